The third-order valence-electron chi connectivity index (χ3n) is 4.23. The van der Waals surface area contributed by atoms with Crippen molar-refractivity contribution in [2.75, 3.05) is 6.61 Å². The molecule has 1 aromatic heterocycles. The number of para-hydroxylation sites is 1. The van der Waals surface area contributed by atoms with Gasteiger partial charge in [0, 0.05) is 23.9 Å². The van der Waals surface area contributed by atoms with Gasteiger partial charge in [-0.3, -0.25) is 19.7 Å². The van der Waals surface area contributed by atoms with Crippen LogP contribution in [0.5, 0.6) is 0 Å². The van der Waals surface area contributed by atoms with Crippen molar-refractivity contribution in [3.8, 4) is 0 Å². The molecule has 0 fully saturated rings. The molecule has 152 valence electrons. The minimum atomic E-state index is -0.893. The predicted octanol–water partition coefficient (Wildman–Crippen LogP) is 2.62. The van der Waals surface area contributed by atoms with E-state index in [4.69, 9.17) is 4.74 Å². The lowest BCUT2D eigenvalue weighted by Gasteiger charge is -2.04. The molecule has 0 saturated heterocycles. The van der Waals surface area contributed by atoms with Gasteiger partial charge in [-0.2, -0.15) is 0 Å². The van der Waals surface area contributed by atoms with Gasteiger partial charge in [0.15, 0.2) is 0 Å². The summed E-state index contributed by atoms with van der Waals surface area (Å²) < 4.78 is 4.97. The fourth-order valence-corrected chi connectivity index (χ4v) is 2.76. The van der Waals surface area contributed by atoms with Crippen LogP contribution in [0.3, 0.4) is 0 Å². The first kappa shape index (κ1) is 21.5. The minimum absolute atomic E-state index is 0.138. The summed E-state index contributed by atoms with van der Waals surface area (Å²) in [6.45, 7) is 5.22. The molecule has 9 heteroatoms. The Bertz CT molecular complexity index is 990. The molecule has 1 heterocycles. The van der Waals surface area contributed by atoms with Crippen molar-refractivity contribution in [3.63, 3.8) is 0 Å². The average molecular weight is 399 g/mol. The number of nitro benzene ring substituents is 1. The van der Waals surface area contributed by atoms with Crippen molar-refractivity contribution < 1.29 is 24.0 Å². The maximum Gasteiger partial charge on any atom is 0.355 e. The van der Waals surface area contributed by atoms with Gasteiger partial charge in [-0.15, -0.1) is 0 Å². The number of benzene rings is 1. The first-order valence-corrected chi connectivity index (χ1v) is 8.85. The SMILES string of the molecule is CCOC(=O)c1[nH]c(C)c(/C=C/C(=O)C(=O)NCc2ccccc2[N+](=O)[O-])c1C. The first-order chi connectivity index (χ1) is 13.8. The standard InChI is InChI=1S/C20H21N3O6/c1-4-29-20(26)18-12(2)15(13(3)22-18)9-10-17(24)19(25)21-11-14-7-5-6-8-16(14)23(27)28/h5-10,22H,4,11H2,1-3H3,(H,21,25)/b10-9+. The minimum Gasteiger partial charge on any atom is -0.461 e. The summed E-state index contributed by atoms with van der Waals surface area (Å²) in [5.74, 6) is -2.21. The van der Waals surface area contributed by atoms with Crippen LogP contribution in [0.2, 0.25) is 0 Å². The van der Waals surface area contributed by atoms with Crippen molar-refractivity contribution >= 4 is 29.4 Å². The summed E-state index contributed by atoms with van der Waals surface area (Å²) in [6.07, 6.45) is 2.53. The Morgan fingerprint density at radius 3 is 2.59 bits per heavy atom. The largest absolute Gasteiger partial charge is 0.461 e. The highest BCUT2D eigenvalue weighted by Crippen LogP contribution is 2.20. The summed E-state index contributed by atoms with van der Waals surface area (Å²) in [5, 5.41) is 13.4. The summed E-state index contributed by atoms with van der Waals surface area (Å²) in [5.41, 5.74) is 2.30. The van der Waals surface area contributed by atoms with Crippen LogP contribution >= 0.6 is 0 Å². The predicted molar refractivity (Wildman–Crippen MR) is 105 cm³/mol. The number of nitro groups is 1. The van der Waals surface area contributed by atoms with Crippen molar-refractivity contribution in [2.45, 2.75) is 27.3 Å². The number of amides is 1. The summed E-state index contributed by atoms with van der Waals surface area (Å²) in [7, 11) is 0. The number of esters is 1. The highest BCUT2D eigenvalue weighted by Gasteiger charge is 2.18. The number of aromatic nitrogens is 1. The van der Waals surface area contributed by atoms with E-state index in [0.29, 0.717) is 22.4 Å². The first-order valence-electron chi connectivity index (χ1n) is 8.85. The lowest BCUT2D eigenvalue weighted by atomic mass is 10.1. The Labute approximate surface area is 166 Å². The van der Waals surface area contributed by atoms with Crippen LogP contribution in [0.15, 0.2) is 30.3 Å². The van der Waals surface area contributed by atoms with Gasteiger partial charge in [0.25, 0.3) is 11.6 Å². The van der Waals surface area contributed by atoms with Crippen LogP contribution < -0.4 is 5.32 Å². The van der Waals surface area contributed by atoms with E-state index in [0.717, 1.165) is 6.08 Å². The van der Waals surface area contributed by atoms with E-state index >= 15 is 0 Å². The Morgan fingerprint density at radius 1 is 1.24 bits per heavy atom. The number of hydrogen-bond donors (Lipinski definition) is 2. The molecule has 1 amide bonds. The maximum absolute atomic E-state index is 12.1. The van der Waals surface area contributed by atoms with Crippen LogP contribution in [-0.2, 0) is 20.9 Å². The quantitative estimate of drug-likeness (QED) is 0.231. The Morgan fingerprint density at radius 2 is 1.93 bits per heavy atom. The maximum atomic E-state index is 12.1. The van der Waals surface area contributed by atoms with Crippen LogP contribution in [0.1, 0.15) is 39.8 Å². The number of nitrogens with one attached hydrogen (secondary N) is 2. The topological polar surface area (TPSA) is 131 Å². The highest BCUT2D eigenvalue weighted by atomic mass is 16.6. The molecule has 0 aliphatic rings. The summed E-state index contributed by atoms with van der Waals surface area (Å²) >= 11 is 0. The van der Waals surface area contributed by atoms with E-state index < -0.39 is 22.6 Å². The summed E-state index contributed by atoms with van der Waals surface area (Å²) in [6, 6.07) is 5.95. The normalized spacial score (nSPS) is 10.7. The molecular formula is C20H21N3O6. The molecule has 0 aliphatic carbocycles. The van der Waals surface area contributed by atoms with Crippen molar-refractivity contribution in [1.29, 1.82) is 0 Å². The number of aryl methyl sites for hydroxylation is 1. The van der Waals surface area contributed by atoms with Gasteiger partial charge in [0.05, 0.1) is 11.5 Å². The van der Waals surface area contributed by atoms with Crippen molar-refractivity contribution in [2.24, 2.45) is 0 Å². The highest BCUT2D eigenvalue weighted by molar-refractivity contribution is 6.41. The molecule has 0 saturated carbocycles. The molecule has 0 unspecified atom stereocenters. The molecule has 0 aliphatic heterocycles. The van der Waals surface area contributed by atoms with Gasteiger partial charge in [-0.05, 0) is 44.1 Å². The number of carbonyl (C=O) groups is 3. The number of H-pyrrole nitrogens is 1. The molecular weight excluding hydrogens is 378 g/mol. The van der Waals surface area contributed by atoms with E-state index in [1.165, 1.54) is 24.3 Å². The van der Waals surface area contributed by atoms with Crippen molar-refractivity contribution in [3.05, 3.63) is 68.5 Å². The van der Waals surface area contributed by atoms with E-state index in [1.807, 2.05) is 0 Å². The van der Waals surface area contributed by atoms with Gasteiger partial charge in [-0.25, -0.2) is 4.79 Å². The molecule has 2 N–H and O–H groups in total. The molecule has 2 rings (SSSR count). The molecule has 29 heavy (non-hydrogen) atoms. The Balaban J connectivity index is 2.07. The third kappa shape index (κ3) is 5.16. The number of nitrogens with zero attached hydrogens (tertiary/aromatic N) is 1. The smallest absolute Gasteiger partial charge is 0.355 e. The van der Waals surface area contributed by atoms with Gasteiger partial charge >= 0.3 is 5.97 Å². The van der Waals surface area contributed by atoms with E-state index in [1.54, 1.807) is 26.8 Å². The Hall–Kier alpha value is -3.75. The monoisotopic (exact) mass is 399 g/mol. The molecule has 0 atom stereocenters. The molecule has 9 nitrogen and oxygen atoms in total. The van der Waals surface area contributed by atoms with Crippen LogP contribution in [-0.4, -0.2) is 34.2 Å². The van der Waals surface area contributed by atoms with Gasteiger partial charge < -0.3 is 15.0 Å². The summed E-state index contributed by atoms with van der Waals surface area (Å²) in [4.78, 5) is 49.4. The van der Waals surface area contributed by atoms with Crippen LogP contribution in [0.25, 0.3) is 6.08 Å². The second kappa shape index (κ2) is 9.45. The van der Waals surface area contributed by atoms with E-state index in [-0.39, 0.29) is 24.5 Å². The number of rotatable bonds is 8. The number of ether oxygens (including phenoxy) is 1. The van der Waals surface area contributed by atoms with E-state index in [9.17, 15) is 24.5 Å². The molecule has 0 spiro atoms. The third-order valence-corrected chi connectivity index (χ3v) is 4.23. The second-order valence-corrected chi connectivity index (χ2v) is 6.15. The zero-order valence-corrected chi connectivity index (χ0v) is 16.3. The van der Waals surface area contributed by atoms with Gasteiger partial charge in [-0.1, -0.05) is 18.2 Å². The molecule has 2 aromatic rings. The zero-order chi connectivity index (χ0) is 21.6. The molecule has 0 bridgehead atoms. The fraction of sp³-hybridized carbons (Fsp3) is 0.250. The van der Waals surface area contributed by atoms with Crippen LogP contribution in [0.4, 0.5) is 5.69 Å². The Kier molecular flexibility index (Phi) is 7.02. The number of hydrogen-bond acceptors (Lipinski definition) is 6. The molecule has 1 aromatic carbocycles. The van der Waals surface area contributed by atoms with Crippen LogP contribution in [0, 0.1) is 24.0 Å². The number of carbonyl (C=O) groups excluding carboxylic acids is 3. The van der Waals surface area contributed by atoms with Gasteiger partial charge in [0.2, 0.25) is 5.78 Å². The number of aromatic amines is 1. The average Bonchev–Trinajstić information content (AvgIpc) is 2.98. The lowest BCUT2D eigenvalue weighted by Crippen LogP contribution is -2.29. The van der Waals surface area contributed by atoms with Crippen molar-refractivity contribution in [1.82, 2.24) is 10.3 Å². The number of ketones is 1. The zero-order valence-electron chi connectivity index (χ0n) is 16.3. The lowest BCUT2D eigenvalue weighted by molar-refractivity contribution is -0.385. The van der Waals surface area contributed by atoms with E-state index in [2.05, 4.69) is 10.3 Å². The molecule has 0 radical (unpaired) electrons. The van der Waals surface area contributed by atoms with Gasteiger partial charge in [0.1, 0.15) is 5.69 Å². The fourth-order valence-electron chi connectivity index (χ4n) is 2.76. The second-order valence-electron chi connectivity index (χ2n) is 6.15.